The van der Waals surface area contributed by atoms with Crippen LogP contribution in [0, 0.1) is 6.92 Å². The van der Waals surface area contributed by atoms with Crippen LogP contribution in [0.15, 0.2) is 67.0 Å². The molecule has 0 aliphatic heterocycles. The van der Waals surface area contributed by atoms with Crippen molar-refractivity contribution in [3.05, 3.63) is 86.2 Å². The van der Waals surface area contributed by atoms with Crippen molar-refractivity contribution < 1.29 is 18.4 Å². The predicted molar refractivity (Wildman–Crippen MR) is 106 cm³/mol. The van der Waals surface area contributed by atoms with E-state index in [-0.39, 0.29) is 25.1 Å². The summed E-state index contributed by atoms with van der Waals surface area (Å²) in [5.41, 5.74) is 2.00. The molecule has 0 N–H and O–H groups in total. The van der Waals surface area contributed by atoms with E-state index in [1.54, 1.807) is 30.3 Å². The van der Waals surface area contributed by atoms with Crippen molar-refractivity contribution in [3.8, 4) is 0 Å². The van der Waals surface area contributed by atoms with E-state index in [1.807, 2.05) is 19.1 Å². The summed E-state index contributed by atoms with van der Waals surface area (Å²) in [6.45, 7) is 1.83. The molecule has 0 aliphatic carbocycles. The Morgan fingerprint density at radius 3 is 2.72 bits per heavy atom. The summed E-state index contributed by atoms with van der Waals surface area (Å²) in [5.74, 6) is -0.507. The summed E-state index contributed by atoms with van der Waals surface area (Å²) in [6.07, 6.45) is 0.0669. The molecule has 0 unspecified atom stereocenters. The minimum absolute atomic E-state index is 0.0332. The molecule has 0 amide bonds. The summed E-state index contributed by atoms with van der Waals surface area (Å²) in [4.78, 5) is 40.2. The van der Waals surface area contributed by atoms with E-state index in [9.17, 15) is 14.4 Å². The molecule has 0 bridgehead atoms. The van der Waals surface area contributed by atoms with Crippen LogP contribution in [0.5, 0.6) is 0 Å². The Morgan fingerprint density at radius 1 is 1.03 bits per heavy atom. The summed E-state index contributed by atoms with van der Waals surface area (Å²) in [5, 5.41) is 0.708. The number of nitrogens with zero attached hydrogens (tertiary/aromatic N) is 1. The molecule has 0 saturated carbocycles. The smallest absolute Gasteiger partial charge is 0.358 e. The monoisotopic (exact) mass is 391 g/mol. The van der Waals surface area contributed by atoms with Crippen molar-refractivity contribution in [3.63, 3.8) is 0 Å². The number of carbonyl (C=O) groups excluding carboxylic acids is 1. The Bertz CT molecular complexity index is 1330. The second kappa shape index (κ2) is 7.71. The van der Waals surface area contributed by atoms with Gasteiger partial charge in [0, 0.05) is 23.4 Å². The number of benzene rings is 2. The third kappa shape index (κ3) is 4.08. The number of aromatic nitrogens is 1. The summed E-state index contributed by atoms with van der Waals surface area (Å²) in [6, 6.07) is 13.7. The number of hydrogen-bond acceptors (Lipinski definition) is 7. The van der Waals surface area contributed by atoms with E-state index in [0.717, 1.165) is 5.56 Å². The quantitative estimate of drug-likeness (QED) is 0.380. The van der Waals surface area contributed by atoms with Crippen molar-refractivity contribution in [2.75, 3.05) is 0 Å². The summed E-state index contributed by atoms with van der Waals surface area (Å²) in [7, 11) is 0. The highest BCUT2D eigenvalue weighted by Crippen LogP contribution is 2.19. The minimum Gasteiger partial charge on any atom is -0.461 e. The first-order valence-corrected chi connectivity index (χ1v) is 9.07. The number of esters is 1. The molecule has 2 heterocycles. The highest BCUT2D eigenvalue weighted by Gasteiger charge is 2.12. The Balaban J connectivity index is 1.45. The number of carbonyl (C=O) groups is 1. The molecule has 4 rings (SSSR count). The molecule has 2 aromatic heterocycles. The third-order valence-corrected chi connectivity index (χ3v) is 4.50. The Morgan fingerprint density at radius 2 is 1.86 bits per heavy atom. The van der Waals surface area contributed by atoms with Crippen molar-refractivity contribution >= 4 is 28.0 Å². The largest absolute Gasteiger partial charge is 0.461 e. The Hall–Kier alpha value is -3.74. The van der Waals surface area contributed by atoms with Gasteiger partial charge >= 0.3 is 17.2 Å². The molecule has 0 atom stereocenters. The number of hydrogen-bond donors (Lipinski definition) is 0. The molecule has 4 aromatic rings. The van der Waals surface area contributed by atoms with E-state index in [2.05, 4.69) is 4.98 Å². The SMILES string of the molecule is Cc1ccc2c(COC(=O)CCc3nc4ccccc4oc3=O)cc(=O)oc2c1. The van der Waals surface area contributed by atoms with Crippen molar-refractivity contribution in [1.82, 2.24) is 4.98 Å². The Labute approximate surface area is 164 Å². The zero-order chi connectivity index (χ0) is 20.4. The maximum Gasteiger partial charge on any atom is 0.358 e. The lowest BCUT2D eigenvalue weighted by molar-refractivity contribution is -0.144. The molecule has 7 nitrogen and oxygen atoms in total. The van der Waals surface area contributed by atoms with Crippen LogP contribution < -0.4 is 11.3 Å². The lowest BCUT2D eigenvalue weighted by Crippen LogP contribution is -2.14. The molecule has 0 spiro atoms. The fourth-order valence-electron chi connectivity index (χ4n) is 3.05. The van der Waals surface area contributed by atoms with Crippen LogP contribution >= 0.6 is 0 Å². The fraction of sp³-hybridized carbons (Fsp3) is 0.182. The van der Waals surface area contributed by atoms with Crippen LogP contribution in [0.4, 0.5) is 0 Å². The normalized spacial score (nSPS) is 11.1. The number of aryl methyl sites for hydroxylation is 2. The Kier molecular flexibility index (Phi) is 4.95. The molecular weight excluding hydrogens is 374 g/mol. The van der Waals surface area contributed by atoms with Gasteiger partial charge in [-0.3, -0.25) is 4.79 Å². The molecule has 146 valence electrons. The van der Waals surface area contributed by atoms with Crippen molar-refractivity contribution in [2.45, 2.75) is 26.4 Å². The van der Waals surface area contributed by atoms with Gasteiger partial charge in [0.2, 0.25) is 0 Å². The van der Waals surface area contributed by atoms with Gasteiger partial charge in [-0.2, -0.15) is 0 Å². The van der Waals surface area contributed by atoms with Crippen LogP contribution in [-0.4, -0.2) is 11.0 Å². The minimum atomic E-state index is -0.571. The van der Waals surface area contributed by atoms with Crippen LogP contribution in [-0.2, 0) is 22.6 Å². The molecule has 0 fully saturated rings. The first-order valence-electron chi connectivity index (χ1n) is 9.07. The highest BCUT2D eigenvalue weighted by atomic mass is 16.5. The first kappa shape index (κ1) is 18.6. The molecule has 0 radical (unpaired) electrons. The highest BCUT2D eigenvalue weighted by molar-refractivity contribution is 5.81. The van der Waals surface area contributed by atoms with Gasteiger partial charge in [-0.1, -0.05) is 24.3 Å². The molecule has 29 heavy (non-hydrogen) atoms. The van der Waals surface area contributed by atoms with E-state index in [1.165, 1.54) is 6.07 Å². The number of fused-ring (bicyclic) bond motifs is 2. The van der Waals surface area contributed by atoms with Gasteiger partial charge in [0.05, 0.1) is 6.42 Å². The van der Waals surface area contributed by atoms with Gasteiger partial charge in [0.1, 0.15) is 23.4 Å². The van der Waals surface area contributed by atoms with Gasteiger partial charge in [-0.05, 0) is 30.7 Å². The average Bonchev–Trinajstić information content (AvgIpc) is 2.70. The van der Waals surface area contributed by atoms with E-state index < -0.39 is 17.2 Å². The second-order valence-electron chi connectivity index (χ2n) is 6.67. The number of para-hydroxylation sites is 2. The van der Waals surface area contributed by atoms with Gasteiger partial charge in [-0.25, -0.2) is 14.6 Å². The van der Waals surface area contributed by atoms with Gasteiger partial charge < -0.3 is 13.6 Å². The molecule has 2 aromatic carbocycles. The molecule has 0 saturated heterocycles. The standard InChI is InChI=1S/C22H17NO6/c1-13-6-7-15-14(11-21(25)28-19(15)10-13)12-27-20(24)9-8-17-22(26)29-18-5-3-2-4-16(18)23-17/h2-7,10-11H,8-9,12H2,1H3. The zero-order valence-electron chi connectivity index (χ0n) is 15.6. The fourth-order valence-corrected chi connectivity index (χ4v) is 3.05. The van der Waals surface area contributed by atoms with E-state index >= 15 is 0 Å². The topological polar surface area (TPSA) is 99.6 Å². The van der Waals surface area contributed by atoms with Crippen LogP contribution in [0.25, 0.3) is 22.1 Å². The van der Waals surface area contributed by atoms with Gasteiger partial charge in [0.15, 0.2) is 5.58 Å². The summed E-state index contributed by atoms with van der Waals surface area (Å²) >= 11 is 0. The number of rotatable bonds is 5. The number of ether oxygens (including phenoxy) is 1. The van der Waals surface area contributed by atoms with Gasteiger partial charge in [-0.15, -0.1) is 0 Å². The van der Waals surface area contributed by atoms with Crippen LogP contribution in [0.3, 0.4) is 0 Å². The maximum atomic E-state index is 12.2. The average molecular weight is 391 g/mol. The second-order valence-corrected chi connectivity index (χ2v) is 6.67. The molecule has 0 aliphatic rings. The maximum absolute atomic E-state index is 12.2. The van der Waals surface area contributed by atoms with Gasteiger partial charge in [0.25, 0.3) is 0 Å². The first-order chi connectivity index (χ1) is 14.0. The van der Waals surface area contributed by atoms with E-state index in [0.29, 0.717) is 27.6 Å². The zero-order valence-corrected chi connectivity index (χ0v) is 15.6. The summed E-state index contributed by atoms with van der Waals surface area (Å²) < 4.78 is 15.7. The predicted octanol–water partition coefficient (Wildman–Crippen LogP) is 3.28. The van der Waals surface area contributed by atoms with Crippen molar-refractivity contribution in [1.29, 1.82) is 0 Å². The lowest BCUT2D eigenvalue weighted by Gasteiger charge is -2.07. The molecular formula is C22H17NO6. The molecule has 7 heteroatoms. The van der Waals surface area contributed by atoms with E-state index in [4.69, 9.17) is 13.6 Å². The third-order valence-electron chi connectivity index (χ3n) is 4.50. The van der Waals surface area contributed by atoms with Crippen molar-refractivity contribution in [2.24, 2.45) is 0 Å². The lowest BCUT2D eigenvalue weighted by atomic mass is 10.1. The van der Waals surface area contributed by atoms with Crippen LogP contribution in [0.2, 0.25) is 0 Å². The van der Waals surface area contributed by atoms with Crippen LogP contribution in [0.1, 0.15) is 23.2 Å².